The Morgan fingerprint density at radius 1 is 1.58 bits per heavy atom. The van der Waals surface area contributed by atoms with Gasteiger partial charge in [0.15, 0.2) is 0 Å². The van der Waals surface area contributed by atoms with Gasteiger partial charge in [0.05, 0.1) is 6.10 Å². The lowest BCUT2D eigenvalue weighted by Gasteiger charge is -2.28. The summed E-state index contributed by atoms with van der Waals surface area (Å²) in [7, 11) is 0. The van der Waals surface area contributed by atoms with Gasteiger partial charge in [-0.05, 0) is 32.2 Å². The standard InChI is InChI=1S/C10H21NO/c1-8(2)7-11(3)9-5-4-6-10(9)12/h8-10,12H,4-7H2,1-3H3/t9-,10+/m0/s1/i3D3. The molecule has 2 heteroatoms. The quantitative estimate of drug-likeness (QED) is 0.700. The Kier molecular flexibility index (Phi) is 2.26. The van der Waals surface area contributed by atoms with E-state index in [-0.39, 0.29) is 6.04 Å². The molecule has 0 amide bonds. The normalized spacial score (nSPS) is 35.2. The average Bonchev–Trinajstić information content (AvgIpc) is 2.45. The van der Waals surface area contributed by atoms with Crippen LogP contribution in [0, 0.1) is 5.92 Å². The van der Waals surface area contributed by atoms with Crippen molar-refractivity contribution in [1.29, 1.82) is 0 Å². The average molecular weight is 174 g/mol. The highest BCUT2D eigenvalue weighted by Gasteiger charge is 2.28. The van der Waals surface area contributed by atoms with Crippen LogP contribution in [0.2, 0.25) is 0 Å². The molecule has 1 N–H and O–H groups in total. The predicted molar refractivity (Wildman–Crippen MR) is 51.1 cm³/mol. The Morgan fingerprint density at radius 3 is 2.75 bits per heavy atom. The van der Waals surface area contributed by atoms with Crippen molar-refractivity contribution in [3.05, 3.63) is 0 Å². The number of hydrogen-bond donors (Lipinski definition) is 1. The van der Waals surface area contributed by atoms with Crippen LogP contribution in [0.3, 0.4) is 0 Å². The maximum atomic E-state index is 9.74. The molecule has 2 atom stereocenters. The molecule has 0 saturated heterocycles. The first-order chi connectivity index (χ1) is 6.82. The van der Waals surface area contributed by atoms with E-state index in [1.54, 1.807) is 0 Å². The zero-order chi connectivity index (χ0) is 11.6. The molecule has 1 fully saturated rings. The van der Waals surface area contributed by atoms with E-state index in [0.29, 0.717) is 12.5 Å². The molecule has 1 saturated carbocycles. The van der Waals surface area contributed by atoms with E-state index in [1.807, 2.05) is 13.8 Å². The number of aliphatic hydroxyl groups is 1. The first-order valence-corrected chi connectivity index (χ1v) is 4.77. The highest BCUT2D eigenvalue weighted by molar-refractivity contribution is 4.83. The van der Waals surface area contributed by atoms with Crippen LogP contribution in [0.5, 0.6) is 0 Å². The molecule has 0 heterocycles. The minimum absolute atomic E-state index is 0.181. The molecule has 2 nitrogen and oxygen atoms in total. The van der Waals surface area contributed by atoms with E-state index in [1.165, 1.54) is 4.90 Å². The van der Waals surface area contributed by atoms with Gasteiger partial charge in [-0.3, -0.25) is 0 Å². The van der Waals surface area contributed by atoms with Gasteiger partial charge in [-0.25, -0.2) is 0 Å². The smallest absolute Gasteiger partial charge is 0.0695 e. The third-order valence-electron chi connectivity index (χ3n) is 2.41. The molecule has 0 aromatic carbocycles. The molecule has 0 aromatic rings. The summed E-state index contributed by atoms with van der Waals surface area (Å²) in [6.07, 6.45) is 1.99. The molecule has 12 heavy (non-hydrogen) atoms. The van der Waals surface area contributed by atoms with Crippen LogP contribution in [0.25, 0.3) is 0 Å². The second-order valence-electron chi connectivity index (χ2n) is 4.11. The monoisotopic (exact) mass is 174 g/mol. The summed E-state index contributed by atoms with van der Waals surface area (Å²) >= 11 is 0. The van der Waals surface area contributed by atoms with Crippen molar-refractivity contribution in [2.45, 2.75) is 45.3 Å². The van der Waals surface area contributed by atoms with E-state index >= 15 is 0 Å². The van der Waals surface area contributed by atoms with Crippen molar-refractivity contribution in [3.63, 3.8) is 0 Å². The minimum Gasteiger partial charge on any atom is -0.391 e. The van der Waals surface area contributed by atoms with Crippen LogP contribution < -0.4 is 0 Å². The summed E-state index contributed by atoms with van der Waals surface area (Å²) in [5.41, 5.74) is 0. The molecule has 0 aromatic heterocycles. The Morgan fingerprint density at radius 2 is 2.33 bits per heavy atom. The van der Waals surface area contributed by atoms with Gasteiger partial charge >= 0.3 is 0 Å². The van der Waals surface area contributed by atoms with Gasteiger partial charge in [0.1, 0.15) is 0 Å². The summed E-state index contributed by atoms with van der Waals surface area (Å²) in [6.45, 7) is 2.44. The molecule has 1 aliphatic rings. The van der Waals surface area contributed by atoms with Gasteiger partial charge < -0.3 is 10.0 Å². The first kappa shape index (κ1) is 6.39. The van der Waals surface area contributed by atoms with Crippen LogP contribution >= 0.6 is 0 Å². The number of rotatable bonds is 3. The molecule has 0 radical (unpaired) electrons. The Balaban J connectivity index is 2.71. The number of aliphatic hydroxyl groups excluding tert-OH is 1. The minimum atomic E-state index is -2.08. The number of hydrogen-bond acceptors (Lipinski definition) is 2. The van der Waals surface area contributed by atoms with E-state index < -0.39 is 13.1 Å². The molecule has 72 valence electrons. The van der Waals surface area contributed by atoms with Crippen LogP contribution in [0.4, 0.5) is 0 Å². The second-order valence-corrected chi connectivity index (χ2v) is 4.11. The Labute approximate surface area is 79.8 Å². The topological polar surface area (TPSA) is 23.5 Å². The molecular weight excluding hydrogens is 150 g/mol. The van der Waals surface area contributed by atoms with Gasteiger partial charge in [-0.2, -0.15) is 0 Å². The van der Waals surface area contributed by atoms with Gasteiger partial charge in [0.25, 0.3) is 0 Å². The maximum absolute atomic E-state index is 9.74. The van der Waals surface area contributed by atoms with Gasteiger partial charge in [0, 0.05) is 16.7 Å². The third-order valence-corrected chi connectivity index (χ3v) is 2.41. The van der Waals surface area contributed by atoms with Gasteiger partial charge in [0.2, 0.25) is 0 Å². The van der Waals surface area contributed by atoms with Gasteiger partial charge in [-0.1, -0.05) is 13.8 Å². The highest BCUT2D eigenvalue weighted by atomic mass is 16.3. The molecule has 1 rings (SSSR count). The van der Waals surface area contributed by atoms with Crippen LogP contribution in [-0.4, -0.2) is 35.7 Å². The second kappa shape index (κ2) is 4.24. The van der Waals surface area contributed by atoms with Gasteiger partial charge in [-0.15, -0.1) is 0 Å². The van der Waals surface area contributed by atoms with Crippen molar-refractivity contribution in [3.8, 4) is 0 Å². The third kappa shape index (κ3) is 2.46. The van der Waals surface area contributed by atoms with Crippen LogP contribution in [0.15, 0.2) is 0 Å². The summed E-state index contributed by atoms with van der Waals surface area (Å²) in [4.78, 5) is 1.50. The van der Waals surface area contributed by atoms with Crippen molar-refractivity contribution in [2.24, 2.45) is 5.92 Å². The predicted octanol–water partition coefficient (Wildman–Crippen LogP) is 1.49. The van der Waals surface area contributed by atoms with Crippen molar-refractivity contribution in [2.75, 3.05) is 13.5 Å². The van der Waals surface area contributed by atoms with Crippen LogP contribution in [0.1, 0.15) is 37.2 Å². The zero-order valence-corrected chi connectivity index (χ0v) is 7.95. The lowest BCUT2D eigenvalue weighted by Crippen LogP contribution is -2.39. The van der Waals surface area contributed by atoms with Crippen LogP contribution in [-0.2, 0) is 0 Å². The molecule has 0 aliphatic heterocycles. The fourth-order valence-corrected chi connectivity index (χ4v) is 1.81. The van der Waals surface area contributed by atoms with Crippen molar-refractivity contribution in [1.82, 2.24) is 4.90 Å². The summed E-state index contributed by atoms with van der Waals surface area (Å²) in [5.74, 6) is 0.304. The lowest BCUT2D eigenvalue weighted by molar-refractivity contribution is 0.0801. The van der Waals surface area contributed by atoms with E-state index in [0.717, 1.165) is 19.3 Å². The first-order valence-electron chi connectivity index (χ1n) is 6.27. The Hall–Kier alpha value is -0.0800. The van der Waals surface area contributed by atoms with E-state index in [4.69, 9.17) is 4.11 Å². The molecular formula is C10H21NO. The van der Waals surface area contributed by atoms with Crippen molar-refractivity contribution >= 4 is 0 Å². The summed E-state index contributed by atoms with van der Waals surface area (Å²) < 4.78 is 22.5. The fourth-order valence-electron chi connectivity index (χ4n) is 1.81. The van der Waals surface area contributed by atoms with E-state index in [2.05, 4.69) is 0 Å². The largest absolute Gasteiger partial charge is 0.391 e. The van der Waals surface area contributed by atoms with Crippen molar-refractivity contribution < 1.29 is 9.22 Å². The molecule has 1 aliphatic carbocycles. The Bertz CT molecular complexity index is 205. The molecule has 0 spiro atoms. The summed E-state index contributed by atoms with van der Waals surface area (Å²) in [5, 5.41) is 9.74. The zero-order valence-electron chi connectivity index (χ0n) is 11.0. The maximum Gasteiger partial charge on any atom is 0.0695 e. The molecule has 0 bridgehead atoms. The molecule has 0 unspecified atom stereocenters. The van der Waals surface area contributed by atoms with E-state index in [9.17, 15) is 5.11 Å². The SMILES string of the molecule is [2H]C([2H])([2H])N(CC(C)C)[C@H]1CCC[C@H]1O. The highest BCUT2D eigenvalue weighted by Crippen LogP contribution is 2.23. The fraction of sp³-hybridized carbons (Fsp3) is 1.00. The number of likely N-dealkylation sites (N-methyl/N-ethyl adjacent to an activating group) is 1. The lowest BCUT2D eigenvalue weighted by atomic mass is 10.1. The summed E-state index contributed by atoms with van der Waals surface area (Å²) in [6, 6.07) is -0.181. The number of nitrogens with zero attached hydrogens (tertiary/aromatic N) is 1.